The molecule has 0 aromatic heterocycles. The van der Waals surface area contributed by atoms with Gasteiger partial charge in [0.2, 0.25) is 0 Å². The minimum atomic E-state index is -7.62. The van der Waals surface area contributed by atoms with Gasteiger partial charge in [0.25, 0.3) is 0 Å². The second-order valence-corrected chi connectivity index (χ2v) is 8.23. The van der Waals surface area contributed by atoms with Crippen LogP contribution >= 0.6 is 0 Å². The lowest BCUT2D eigenvalue weighted by atomic mass is 9.78. The normalized spacial score (nSPS) is 21.4. The second kappa shape index (κ2) is 10.5. The fraction of sp³-hybridized carbons (Fsp3) is 0.947. The van der Waals surface area contributed by atoms with Crippen molar-refractivity contribution in [2.24, 2.45) is 11.8 Å². The summed E-state index contributed by atoms with van der Waals surface area (Å²) in [5.74, 6) is -36.8. The van der Waals surface area contributed by atoms with Gasteiger partial charge in [0, 0.05) is 6.42 Å². The largest absolute Gasteiger partial charge is 0.459 e. The minimum Gasteiger partial charge on any atom is -0.459 e. The molecule has 14 heteroatoms. The third-order valence-electron chi connectivity index (χ3n) is 5.78. The molecule has 0 N–H and O–H groups in total. The Morgan fingerprint density at radius 2 is 1.24 bits per heavy atom. The number of carbonyl (C=O) groups is 1. The summed E-state index contributed by atoms with van der Waals surface area (Å²) >= 11 is 0. The molecule has 33 heavy (non-hydrogen) atoms. The van der Waals surface area contributed by atoms with Crippen molar-refractivity contribution < 1.29 is 62.2 Å². The van der Waals surface area contributed by atoms with Crippen LogP contribution < -0.4 is 0 Å². The van der Waals surface area contributed by atoms with E-state index >= 15 is 0 Å². The number of alkyl halides is 12. The summed E-state index contributed by atoms with van der Waals surface area (Å²) < 4.78 is 161. The highest BCUT2D eigenvalue weighted by molar-refractivity contribution is 5.69. The van der Waals surface area contributed by atoms with Gasteiger partial charge in [0.1, 0.15) is 0 Å². The summed E-state index contributed by atoms with van der Waals surface area (Å²) in [7, 11) is 0. The molecule has 196 valence electrons. The van der Waals surface area contributed by atoms with E-state index in [-0.39, 0.29) is 12.3 Å². The van der Waals surface area contributed by atoms with E-state index in [0.29, 0.717) is 18.8 Å². The van der Waals surface area contributed by atoms with E-state index < -0.39 is 55.0 Å². The lowest BCUT2D eigenvalue weighted by Crippen LogP contribution is -2.69. The number of carbonyl (C=O) groups excluding carboxylic acids is 1. The third-order valence-corrected chi connectivity index (χ3v) is 5.78. The van der Waals surface area contributed by atoms with Crippen LogP contribution in [0.5, 0.6) is 0 Å². The molecule has 1 fully saturated rings. The number of ether oxygens (including phenoxy) is 1. The Morgan fingerprint density at radius 3 is 1.67 bits per heavy atom. The van der Waals surface area contributed by atoms with Crippen molar-refractivity contribution in [2.45, 2.75) is 94.3 Å². The molecule has 0 radical (unpaired) electrons. The van der Waals surface area contributed by atoms with Gasteiger partial charge < -0.3 is 4.74 Å². The Balaban J connectivity index is 2.74. The third kappa shape index (κ3) is 6.01. The average Bonchev–Trinajstić information content (AvgIpc) is 2.71. The fourth-order valence-corrected chi connectivity index (χ4v) is 3.65. The molecule has 1 saturated carbocycles. The molecule has 0 heterocycles. The summed E-state index contributed by atoms with van der Waals surface area (Å²) in [6.45, 7) is -0.823. The first-order chi connectivity index (χ1) is 14.8. The van der Waals surface area contributed by atoms with Gasteiger partial charge in [0.15, 0.2) is 6.61 Å². The number of hydrogen-bond acceptors (Lipinski definition) is 2. The van der Waals surface area contributed by atoms with Gasteiger partial charge in [-0.25, -0.2) is 8.78 Å². The molecule has 0 unspecified atom stereocenters. The number of hydrogen-bond donors (Lipinski definition) is 0. The predicted octanol–water partition coefficient (Wildman–Crippen LogP) is 7.36. The van der Waals surface area contributed by atoms with Crippen LogP contribution in [0.2, 0.25) is 0 Å². The zero-order valence-corrected chi connectivity index (χ0v) is 17.4. The second-order valence-electron chi connectivity index (χ2n) is 8.23. The van der Waals surface area contributed by atoms with Gasteiger partial charge in [-0.05, 0) is 18.3 Å². The van der Waals surface area contributed by atoms with E-state index in [1.54, 1.807) is 0 Å². The standard InChI is InChI=1S/C19H24F12O2/c1-2-3-11-4-6-12(7-5-11)8-9-13(32)33-10-15(22,23)17(26,27)19(30,31)18(28,29)16(24,25)14(20)21/h11-12,14H,2-10H2,1H3/t11-,12-. The summed E-state index contributed by atoms with van der Waals surface area (Å²) in [5.41, 5.74) is 0. The first-order valence-electron chi connectivity index (χ1n) is 10.2. The summed E-state index contributed by atoms with van der Waals surface area (Å²) in [6.07, 6.45) is -0.824. The Labute approximate surface area is 182 Å². The minimum absolute atomic E-state index is 0.00668. The van der Waals surface area contributed by atoms with E-state index in [1.165, 1.54) is 0 Å². The average molecular weight is 512 g/mol. The summed E-state index contributed by atoms with van der Waals surface area (Å²) in [6, 6.07) is 0. The molecular weight excluding hydrogens is 488 g/mol. The van der Waals surface area contributed by atoms with E-state index in [1.807, 2.05) is 6.92 Å². The van der Waals surface area contributed by atoms with Crippen molar-refractivity contribution >= 4 is 5.97 Å². The van der Waals surface area contributed by atoms with Gasteiger partial charge >= 0.3 is 42.0 Å². The zero-order valence-electron chi connectivity index (χ0n) is 17.4. The van der Waals surface area contributed by atoms with Crippen LogP contribution in [0.4, 0.5) is 52.7 Å². The van der Waals surface area contributed by atoms with Crippen molar-refractivity contribution in [1.82, 2.24) is 0 Å². The van der Waals surface area contributed by atoms with Crippen LogP contribution in [0, 0.1) is 11.8 Å². The Kier molecular flexibility index (Phi) is 9.43. The van der Waals surface area contributed by atoms with Crippen molar-refractivity contribution in [3.05, 3.63) is 0 Å². The number of halogens is 12. The molecule has 0 bridgehead atoms. The predicted molar refractivity (Wildman–Crippen MR) is 91.3 cm³/mol. The van der Waals surface area contributed by atoms with Gasteiger partial charge in [-0.2, -0.15) is 43.9 Å². The van der Waals surface area contributed by atoms with Crippen LogP contribution in [-0.2, 0) is 9.53 Å². The van der Waals surface area contributed by atoms with Crippen molar-refractivity contribution in [3.63, 3.8) is 0 Å². The van der Waals surface area contributed by atoms with E-state index in [9.17, 15) is 57.5 Å². The Morgan fingerprint density at radius 1 is 0.788 bits per heavy atom. The Hall–Kier alpha value is -1.37. The van der Waals surface area contributed by atoms with Crippen LogP contribution in [0.25, 0.3) is 0 Å². The molecule has 1 aliphatic carbocycles. The van der Waals surface area contributed by atoms with Crippen LogP contribution in [0.1, 0.15) is 58.3 Å². The molecule has 0 aromatic carbocycles. The maximum Gasteiger partial charge on any atom is 0.384 e. The first kappa shape index (κ1) is 29.7. The van der Waals surface area contributed by atoms with Gasteiger partial charge in [0.05, 0.1) is 0 Å². The smallest absolute Gasteiger partial charge is 0.384 e. The molecule has 0 aliphatic heterocycles. The summed E-state index contributed by atoms with van der Waals surface area (Å²) in [5, 5.41) is 0. The van der Waals surface area contributed by atoms with Crippen LogP contribution in [0.15, 0.2) is 0 Å². The molecule has 1 rings (SSSR count). The fourth-order valence-electron chi connectivity index (χ4n) is 3.65. The first-order valence-corrected chi connectivity index (χ1v) is 10.2. The molecule has 1 aliphatic rings. The van der Waals surface area contributed by atoms with Gasteiger partial charge in [-0.15, -0.1) is 0 Å². The van der Waals surface area contributed by atoms with Crippen LogP contribution in [-0.4, -0.2) is 48.6 Å². The van der Waals surface area contributed by atoms with Crippen LogP contribution in [0.3, 0.4) is 0 Å². The van der Waals surface area contributed by atoms with E-state index in [0.717, 1.165) is 25.7 Å². The van der Waals surface area contributed by atoms with E-state index in [4.69, 9.17) is 0 Å². The topological polar surface area (TPSA) is 26.3 Å². The lowest BCUT2D eigenvalue weighted by molar-refractivity contribution is -0.414. The highest BCUT2D eigenvalue weighted by Gasteiger charge is 2.87. The molecule has 0 spiro atoms. The van der Waals surface area contributed by atoms with Crippen molar-refractivity contribution in [3.8, 4) is 0 Å². The quantitative estimate of drug-likeness (QED) is 0.202. The monoisotopic (exact) mass is 512 g/mol. The number of rotatable bonds is 12. The SMILES string of the molecule is CCC[C@H]1CC[C@H](CCC(=O)OCC(F)(F)C(F)(F)C(F)(F)C(F)(F)C(F)(F)C(F)F)CC1. The van der Waals surface area contributed by atoms with E-state index in [2.05, 4.69) is 4.74 Å². The van der Waals surface area contributed by atoms with Crippen molar-refractivity contribution in [1.29, 1.82) is 0 Å². The number of esters is 1. The molecule has 0 amide bonds. The Bertz CT molecular complexity index is 643. The maximum absolute atomic E-state index is 13.6. The summed E-state index contributed by atoms with van der Waals surface area (Å²) in [4.78, 5) is 11.6. The maximum atomic E-state index is 13.6. The lowest BCUT2D eigenvalue weighted by Gasteiger charge is -2.38. The van der Waals surface area contributed by atoms with Crippen molar-refractivity contribution in [2.75, 3.05) is 6.61 Å². The molecular formula is C19H24F12O2. The zero-order chi connectivity index (χ0) is 25.9. The molecule has 2 nitrogen and oxygen atoms in total. The highest BCUT2D eigenvalue weighted by atomic mass is 19.4. The van der Waals surface area contributed by atoms with Gasteiger partial charge in [-0.1, -0.05) is 45.4 Å². The molecule has 0 aromatic rings. The molecule has 0 atom stereocenters. The highest BCUT2D eigenvalue weighted by Crippen LogP contribution is 2.58. The molecule has 0 saturated heterocycles. The van der Waals surface area contributed by atoms with Gasteiger partial charge in [-0.3, -0.25) is 4.79 Å².